The topological polar surface area (TPSA) is 106 Å². The maximum Gasteiger partial charge on any atom is 0.312 e. The fraction of sp³-hybridized carbons (Fsp3) is 0.125. The Hall–Kier alpha value is -1.66. The molecule has 6 nitrogen and oxygen atoms in total. The van der Waals surface area contributed by atoms with Crippen molar-refractivity contribution in [3.63, 3.8) is 0 Å². The second-order valence-corrected chi connectivity index (χ2v) is 3.14. The van der Waals surface area contributed by atoms with Crippen LogP contribution in [0.5, 0.6) is 5.75 Å². The molecule has 1 aromatic carbocycles. The number of Topliss-reactive ketones (excluding diaryl/α,β-unsaturated/α-hetero) is 1. The molecule has 15 heavy (non-hydrogen) atoms. The Kier molecular flexibility index (Phi) is 3.23. The minimum Gasteiger partial charge on any atom is -0.502 e. The van der Waals surface area contributed by atoms with Gasteiger partial charge in [0.25, 0.3) is 0 Å². The fourth-order valence-electron chi connectivity index (χ4n) is 1.05. The lowest BCUT2D eigenvalue weighted by Crippen LogP contribution is -2.14. The van der Waals surface area contributed by atoms with Gasteiger partial charge in [-0.15, -0.1) is 0 Å². The fourth-order valence-corrected chi connectivity index (χ4v) is 1.26. The Bertz CT molecular complexity index is 433. The number of carbonyl (C=O) groups excluding carboxylic acids is 1. The highest BCUT2D eigenvalue weighted by atomic mass is 35.5. The Labute approximate surface area is 89.4 Å². The highest BCUT2D eigenvalue weighted by Crippen LogP contribution is 2.33. The van der Waals surface area contributed by atoms with Crippen LogP contribution in [-0.4, -0.2) is 22.4 Å². The van der Waals surface area contributed by atoms with Gasteiger partial charge >= 0.3 is 5.69 Å². The summed E-state index contributed by atoms with van der Waals surface area (Å²) in [6.07, 6.45) is 0. The Balaban J connectivity index is 3.41. The molecular formula is C8H7ClN2O4. The summed E-state index contributed by atoms with van der Waals surface area (Å²) in [5, 5.41) is 19.9. The zero-order valence-corrected chi connectivity index (χ0v) is 8.19. The van der Waals surface area contributed by atoms with Crippen LogP contribution >= 0.6 is 11.6 Å². The highest BCUT2D eigenvalue weighted by Gasteiger charge is 2.21. The van der Waals surface area contributed by atoms with Crippen LogP contribution in [0.3, 0.4) is 0 Å². The first-order valence-corrected chi connectivity index (χ1v) is 4.25. The van der Waals surface area contributed by atoms with Crippen molar-refractivity contribution in [3.8, 4) is 5.75 Å². The van der Waals surface area contributed by atoms with E-state index in [9.17, 15) is 20.0 Å². The maximum absolute atomic E-state index is 11.2. The number of nitro groups is 1. The lowest BCUT2D eigenvalue weighted by Gasteiger charge is -2.03. The van der Waals surface area contributed by atoms with Crippen molar-refractivity contribution in [2.75, 3.05) is 6.54 Å². The molecular weight excluding hydrogens is 224 g/mol. The molecule has 0 amide bonds. The van der Waals surface area contributed by atoms with Gasteiger partial charge in [0.2, 0.25) is 5.75 Å². The van der Waals surface area contributed by atoms with Gasteiger partial charge in [0, 0.05) is 11.1 Å². The average molecular weight is 231 g/mol. The molecule has 7 heteroatoms. The number of nitrogens with two attached hydrogens (primary N) is 1. The molecule has 0 radical (unpaired) electrons. The number of benzene rings is 1. The van der Waals surface area contributed by atoms with Gasteiger partial charge in [0.15, 0.2) is 5.78 Å². The molecule has 0 saturated carbocycles. The SMILES string of the molecule is NCC(=O)c1cc(Cl)cc([N+](=O)[O-])c1O. The van der Waals surface area contributed by atoms with Crippen LogP contribution in [0, 0.1) is 10.1 Å². The minimum atomic E-state index is -0.825. The van der Waals surface area contributed by atoms with Crippen molar-refractivity contribution in [1.82, 2.24) is 0 Å². The third kappa shape index (κ3) is 2.23. The van der Waals surface area contributed by atoms with E-state index in [-0.39, 0.29) is 17.1 Å². The maximum atomic E-state index is 11.2. The number of rotatable bonds is 3. The molecule has 0 atom stereocenters. The number of phenolic OH excluding ortho intramolecular Hbond substituents is 1. The van der Waals surface area contributed by atoms with E-state index < -0.39 is 22.1 Å². The van der Waals surface area contributed by atoms with Gasteiger partial charge < -0.3 is 10.8 Å². The zero-order chi connectivity index (χ0) is 11.6. The summed E-state index contributed by atoms with van der Waals surface area (Å²) in [4.78, 5) is 20.9. The van der Waals surface area contributed by atoms with Crippen molar-refractivity contribution in [3.05, 3.63) is 32.8 Å². The van der Waals surface area contributed by atoms with Gasteiger partial charge in [-0.1, -0.05) is 11.6 Å². The second-order valence-electron chi connectivity index (χ2n) is 2.71. The predicted molar refractivity (Wildman–Crippen MR) is 53.2 cm³/mol. The highest BCUT2D eigenvalue weighted by molar-refractivity contribution is 6.31. The number of hydrogen-bond donors (Lipinski definition) is 2. The van der Waals surface area contributed by atoms with Crippen LogP contribution in [0.25, 0.3) is 0 Å². The molecule has 0 heterocycles. The second kappa shape index (κ2) is 4.24. The van der Waals surface area contributed by atoms with E-state index in [4.69, 9.17) is 17.3 Å². The molecule has 0 aromatic heterocycles. The average Bonchev–Trinajstić information content (AvgIpc) is 2.19. The van der Waals surface area contributed by atoms with Crippen molar-refractivity contribution >= 4 is 23.1 Å². The van der Waals surface area contributed by atoms with E-state index in [2.05, 4.69) is 0 Å². The quantitative estimate of drug-likeness (QED) is 0.459. The molecule has 1 aromatic rings. The summed E-state index contributed by atoms with van der Waals surface area (Å²) in [6, 6.07) is 2.10. The monoisotopic (exact) mass is 230 g/mol. The summed E-state index contributed by atoms with van der Waals surface area (Å²) in [5.41, 5.74) is 4.22. The van der Waals surface area contributed by atoms with Crippen LogP contribution in [-0.2, 0) is 0 Å². The van der Waals surface area contributed by atoms with Gasteiger partial charge in [-0.2, -0.15) is 0 Å². The molecule has 80 valence electrons. The van der Waals surface area contributed by atoms with Crippen molar-refractivity contribution in [2.24, 2.45) is 5.73 Å². The zero-order valence-electron chi connectivity index (χ0n) is 7.44. The van der Waals surface area contributed by atoms with Crippen LogP contribution < -0.4 is 5.73 Å². The van der Waals surface area contributed by atoms with E-state index in [0.29, 0.717) is 0 Å². The van der Waals surface area contributed by atoms with Crippen LogP contribution in [0.4, 0.5) is 5.69 Å². The Morgan fingerprint density at radius 3 is 2.67 bits per heavy atom. The molecule has 0 bridgehead atoms. The largest absolute Gasteiger partial charge is 0.502 e. The first-order valence-electron chi connectivity index (χ1n) is 3.87. The number of carbonyl (C=O) groups is 1. The molecule has 0 unspecified atom stereocenters. The van der Waals surface area contributed by atoms with E-state index in [1.54, 1.807) is 0 Å². The molecule has 0 aliphatic rings. The number of ketones is 1. The number of nitro benzene ring substituents is 1. The molecule has 3 N–H and O–H groups in total. The number of nitrogens with zero attached hydrogens (tertiary/aromatic N) is 1. The Morgan fingerprint density at radius 2 is 2.20 bits per heavy atom. The van der Waals surface area contributed by atoms with E-state index in [1.165, 1.54) is 0 Å². The lowest BCUT2D eigenvalue weighted by molar-refractivity contribution is -0.385. The summed E-state index contributed by atoms with van der Waals surface area (Å²) in [7, 11) is 0. The molecule has 0 spiro atoms. The summed E-state index contributed by atoms with van der Waals surface area (Å²) >= 11 is 5.56. The van der Waals surface area contributed by atoms with Crippen molar-refractivity contribution in [1.29, 1.82) is 0 Å². The lowest BCUT2D eigenvalue weighted by atomic mass is 10.1. The smallest absolute Gasteiger partial charge is 0.312 e. The van der Waals surface area contributed by atoms with Crippen LogP contribution in [0.1, 0.15) is 10.4 Å². The summed E-state index contributed by atoms with van der Waals surface area (Å²) < 4.78 is 0. The van der Waals surface area contributed by atoms with Crippen LogP contribution in [0.15, 0.2) is 12.1 Å². The molecule has 1 rings (SSSR count). The number of phenols is 1. The standard InChI is InChI=1S/C8H7ClN2O4/c9-4-1-5(7(12)3-10)8(13)6(2-4)11(14)15/h1-2,13H,3,10H2. The first-order chi connectivity index (χ1) is 6.97. The molecule has 0 aliphatic heterocycles. The number of hydrogen-bond acceptors (Lipinski definition) is 5. The third-order valence-electron chi connectivity index (χ3n) is 1.74. The van der Waals surface area contributed by atoms with Gasteiger partial charge in [0.05, 0.1) is 17.0 Å². The normalized spacial score (nSPS) is 10.0. The summed E-state index contributed by atoms with van der Waals surface area (Å²) in [5.74, 6) is -1.32. The van der Waals surface area contributed by atoms with E-state index in [0.717, 1.165) is 12.1 Å². The number of aromatic hydroxyl groups is 1. The minimum absolute atomic E-state index is 0.00343. The third-order valence-corrected chi connectivity index (χ3v) is 1.96. The van der Waals surface area contributed by atoms with Gasteiger partial charge in [0.1, 0.15) is 0 Å². The Morgan fingerprint density at radius 1 is 1.60 bits per heavy atom. The van der Waals surface area contributed by atoms with Crippen molar-refractivity contribution in [2.45, 2.75) is 0 Å². The molecule has 0 aliphatic carbocycles. The predicted octanol–water partition coefficient (Wildman–Crippen LogP) is 1.10. The van der Waals surface area contributed by atoms with Gasteiger partial charge in [-0.3, -0.25) is 14.9 Å². The van der Waals surface area contributed by atoms with Crippen LogP contribution in [0.2, 0.25) is 5.02 Å². The molecule has 0 saturated heterocycles. The van der Waals surface area contributed by atoms with Crippen molar-refractivity contribution < 1.29 is 14.8 Å². The number of halogens is 1. The summed E-state index contributed by atoms with van der Waals surface area (Å²) in [6.45, 7) is -0.356. The van der Waals surface area contributed by atoms with Gasteiger partial charge in [-0.25, -0.2) is 0 Å². The van der Waals surface area contributed by atoms with Gasteiger partial charge in [-0.05, 0) is 6.07 Å². The van der Waals surface area contributed by atoms with E-state index >= 15 is 0 Å². The van der Waals surface area contributed by atoms with E-state index in [1.807, 2.05) is 0 Å². The first kappa shape index (κ1) is 11.4. The molecule has 0 fully saturated rings.